The molecule has 6 heteroatoms. The molecule has 1 aromatic carbocycles. The van der Waals surface area contributed by atoms with E-state index in [1.165, 1.54) is 19.8 Å². The van der Waals surface area contributed by atoms with Crippen molar-refractivity contribution in [2.24, 2.45) is 0 Å². The number of amides is 2. The molecule has 1 aromatic heterocycles. The van der Waals surface area contributed by atoms with Gasteiger partial charge in [-0.15, -0.1) is 0 Å². The molecule has 2 aliphatic rings. The van der Waals surface area contributed by atoms with Crippen LogP contribution in [0.1, 0.15) is 55.2 Å². The largest absolute Gasteiger partial charge is 0.468 e. The van der Waals surface area contributed by atoms with Gasteiger partial charge in [-0.2, -0.15) is 0 Å². The molecular weight excluding hydrogens is 366 g/mol. The van der Waals surface area contributed by atoms with Crippen molar-refractivity contribution in [2.45, 2.75) is 38.3 Å². The first-order chi connectivity index (χ1) is 14.1. The summed E-state index contributed by atoms with van der Waals surface area (Å²) in [6.45, 7) is 4.06. The van der Waals surface area contributed by atoms with Gasteiger partial charge in [-0.25, -0.2) is 0 Å². The molecule has 2 aliphatic heterocycles. The first-order valence-electron chi connectivity index (χ1n) is 10.2. The zero-order chi connectivity index (χ0) is 20.2. The molecule has 0 saturated carbocycles. The molecule has 0 unspecified atom stereocenters. The standard InChI is InChI=1S/C23H27N3O3/c1-17(27)26-13-10-18-7-2-3-8-19(18)20(26)15-23(28)24-16-21(22-9-6-14-29-22)25-11-4-5-12-25/h2-3,6-10,13-14,20-21H,4-5,11-12,15-16H2,1H3,(H,24,28)/t20-,21+/m0/s1. The van der Waals surface area contributed by atoms with E-state index < -0.39 is 0 Å². The van der Waals surface area contributed by atoms with Crippen LogP contribution in [0.25, 0.3) is 6.08 Å². The summed E-state index contributed by atoms with van der Waals surface area (Å²) in [5.74, 6) is 0.740. The minimum Gasteiger partial charge on any atom is -0.468 e. The van der Waals surface area contributed by atoms with E-state index in [1.54, 1.807) is 17.4 Å². The number of hydrogen-bond donors (Lipinski definition) is 1. The van der Waals surface area contributed by atoms with Crippen LogP contribution in [0.15, 0.2) is 53.3 Å². The molecule has 4 rings (SSSR count). The highest BCUT2D eigenvalue weighted by Crippen LogP contribution is 2.33. The minimum absolute atomic E-state index is 0.0406. The predicted octanol–water partition coefficient (Wildman–Crippen LogP) is 3.50. The Morgan fingerprint density at radius 1 is 1.17 bits per heavy atom. The Kier molecular flexibility index (Phi) is 5.81. The fourth-order valence-electron chi connectivity index (χ4n) is 4.32. The second-order valence-electron chi connectivity index (χ2n) is 7.67. The number of fused-ring (bicyclic) bond motifs is 1. The van der Waals surface area contributed by atoms with E-state index in [0.717, 1.165) is 30.0 Å². The Hall–Kier alpha value is -2.86. The maximum Gasteiger partial charge on any atom is 0.223 e. The topological polar surface area (TPSA) is 65.8 Å². The maximum atomic E-state index is 12.9. The van der Waals surface area contributed by atoms with Gasteiger partial charge in [0.25, 0.3) is 0 Å². The molecule has 29 heavy (non-hydrogen) atoms. The first-order valence-corrected chi connectivity index (χ1v) is 10.2. The average Bonchev–Trinajstić information content (AvgIpc) is 3.43. The van der Waals surface area contributed by atoms with Crippen molar-refractivity contribution in [3.8, 4) is 0 Å². The van der Waals surface area contributed by atoms with Crippen LogP contribution < -0.4 is 5.32 Å². The van der Waals surface area contributed by atoms with Crippen LogP contribution in [0.2, 0.25) is 0 Å². The van der Waals surface area contributed by atoms with Crippen molar-refractivity contribution >= 4 is 17.9 Å². The van der Waals surface area contributed by atoms with E-state index in [0.29, 0.717) is 6.54 Å². The SMILES string of the molecule is CC(=O)N1C=Cc2ccccc2[C@@H]1CC(=O)NC[C@H](c1ccco1)N1CCCC1. The average molecular weight is 393 g/mol. The zero-order valence-corrected chi connectivity index (χ0v) is 16.7. The van der Waals surface area contributed by atoms with Crippen molar-refractivity contribution < 1.29 is 14.0 Å². The van der Waals surface area contributed by atoms with Crippen molar-refractivity contribution in [2.75, 3.05) is 19.6 Å². The van der Waals surface area contributed by atoms with Gasteiger partial charge in [0, 0.05) is 19.7 Å². The van der Waals surface area contributed by atoms with Crippen LogP contribution >= 0.6 is 0 Å². The van der Waals surface area contributed by atoms with Crippen molar-refractivity contribution in [1.29, 1.82) is 0 Å². The summed E-state index contributed by atoms with van der Waals surface area (Å²) in [6, 6.07) is 11.5. The highest BCUT2D eigenvalue weighted by molar-refractivity contribution is 5.81. The number of carbonyl (C=O) groups excluding carboxylic acids is 2. The van der Waals surface area contributed by atoms with Gasteiger partial charge in [0.1, 0.15) is 5.76 Å². The first kappa shape index (κ1) is 19.5. The molecule has 0 bridgehead atoms. The number of hydrogen-bond acceptors (Lipinski definition) is 4. The molecule has 1 fully saturated rings. The number of benzene rings is 1. The number of nitrogens with one attached hydrogen (secondary N) is 1. The van der Waals surface area contributed by atoms with Gasteiger partial charge in [-0.05, 0) is 55.3 Å². The van der Waals surface area contributed by atoms with Crippen LogP contribution in [0.4, 0.5) is 0 Å². The highest BCUT2D eigenvalue weighted by Gasteiger charge is 2.30. The summed E-state index contributed by atoms with van der Waals surface area (Å²) in [6.07, 6.45) is 7.94. The molecular formula is C23H27N3O3. The van der Waals surface area contributed by atoms with Crippen LogP contribution in [-0.2, 0) is 9.59 Å². The van der Waals surface area contributed by atoms with E-state index in [9.17, 15) is 9.59 Å². The third kappa shape index (κ3) is 4.27. The molecule has 1 N–H and O–H groups in total. The van der Waals surface area contributed by atoms with Crippen LogP contribution in [0.3, 0.4) is 0 Å². The molecule has 3 heterocycles. The Bertz CT molecular complexity index is 885. The maximum absolute atomic E-state index is 12.9. The number of nitrogens with zero attached hydrogens (tertiary/aromatic N) is 2. The van der Waals surface area contributed by atoms with Crippen molar-refractivity contribution in [3.63, 3.8) is 0 Å². The molecule has 0 aliphatic carbocycles. The van der Waals surface area contributed by atoms with Crippen molar-refractivity contribution in [3.05, 3.63) is 65.7 Å². The van der Waals surface area contributed by atoms with Crippen molar-refractivity contribution in [1.82, 2.24) is 15.1 Å². The number of rotatable bonds is 6. The summed E-state index contributed by atoms with van der Waals surface area (Å²) in [4.78, 5) is 29.0. The second-order valence-corrected chi connectivity index (χ2v) is 7.67. The lowest BCUT2D eigenvalue weighted by Gasteiger charge is -2.32. The summed E-state index contributed by atoms with van der Waals surface area (Å²) in [5.41, 5.74) is 2.05. The van der Waals surface area contributed by atoms with Gasteiger partial charge >= 0.3 is 0 Å². The Labute approximate surface area is 171 Å². The summed E-state index contributed by atoms with van der Waals surface area (Å²) < 4.78 is 5.63. The fraction of sp³-hybridized carbons (Fsp3) is 0.391. The summed E-state index contributed by atoms with van der Waals surface area (Å²) in [7, 11) is 0. The van der Waals surface area contributed by atoms with Crippen LogP contribution in [-0.4, -0.2) is 41.2 Å². The highest BCUT2D eigenvalue weighted by atomic mass is 16.3. The van der Waals surface area contributed by atoms with Gasteiger partial charge in [0.05, 0.1) is 24.8 Å². The summed E-state index contributed by atoms with van der Waals surface area (Å²) in [5, 5.41) is 3.08. The van der Waals surface area contributed by atoms with Crippen LogP contribution in [0, 0.1) is 0 Å². The minimum atomic E-state index is -0.289. The van der Waals surface area contributed by atoms with Gasteiger partial charge in [-0.1, -0.05) is 24.3 Å². The lowest BCUT2D eigenvalue weighted by atomic mass is 9.93. The molecule has 2 aromatic rings. The Balaban J connectivity index is 1.45. The Morgan fingerprint density at radius 2 is 1.97 bits per heavy atom. The fourth-order valence-corrected chi connectivity index (χ4v) is 4.32. The lowest BCUT2D eigenvalue weighted by molar-refractivity contribution is -0.130. The quantitative estimate of drug-likeness (QED) is 0.816. The molecule has 6 nitrogen and oxygen atoms in total. The lowest BCUT2D eigenvalue weighted by Crippen LogP contribution is -2.39. The Morgan fingerprint density at radius 3 is 2.69 bits per heavy atom. The van der Waals surface area contributed by atoms with E-state index in [1.807, 2.05) is 42.5 Å². The molecule has 2 atom stereocenters. The molecule has 152 valence electrons. The molecule has 0 spiro atoms. The van der Waals surface area contributed by atoms with E-state index in [2.05, 4.69) is 10.2 Å². The van der Waals surface area contributed by atoms with Crippen LogP contribution in [0.5, 0.6) is 0 Å². The number of carbonyl (C=O) groups is 2. The summed E-state index contributed by atoms with van der Waals surface area (Å²) >= 11 is 0. The number of likely N-dealkylation sites (tertiary alicyclic amines) is 1. The van der Waals surface area contributed by atoms with Gasteiger partial charge in [-0.3, -0.25) is 14.5 Å². The van der Waals surface area contributed by atoms with Gasteiger partial charge in [0.2, 0.25) is 11.8 Å². The van der Waals surface area contributed by atoms with E-state index in [4.69, 9.17) is 4.42 Å². The van der Waals surface area contributed by atoms with E-state index >= 15 is 0 Å². The number of furan rings is 1. The monoisotopic (exact) mass is 393 g/mol. The smallest absolute Gasteiger partial charge is 0.223 e. The normalized spacial score (nSPS) is 19.8. The molecule has 0 radical (unpaired) electrons. The van der Waals surface area contributed by atoms with Gasteiger partial charge in [0.15, 0.2) is 0 Å². The zero-order valence-electron chi connectivity index (χ0n) is 16.7. The molecule has 1 saturated heterocycles. The molecule has 2 amide bonds. The van der Waals surface area contributed by atoms with E-state index in [-0.39, 0.29) is 30.3 Å². The predicted molar refractivity (Wildman–Crippen MR) is 111 cm³/mol. The third-order valence-electron chi connectivity index (χ3n) is 5.79. The van der Waals surface area contributed by atoms with Gasteiger partial charge < -0.3 is 14.6 Å². The second kappa shape index (κ2) is 8.66. The third-order valence-corrected chi connectivity index (χ3v) is 5.79.